The van der Waals surface area contributed by atoms with Gasteiger partial charge in [-0.05, 0) is 31.0 Å². The number of carbonyl (C=O) groups excluding carboxylic acids is 1. The molecule has 4 nitrogen and oxygen atoms in total. The summed E-state index contributed by atoms with van der Waals surface area (Å²) in [6.45, 7) is 4.01. The summed E-state index contributed by atoms with van der Waals surface area (Å²) >= 11 is 0. The first-order valence-electron chi connectivity index (χ1n) is 5.18. The van der Waals surface area contributed by atoms with Gasteiger partial charge in [0.25, 0.3) is 0 Å². The van der Waals surface area contributed by atoms with E-state index in [9.17, 15) is 4.79 Å². The van der Waals surface area contributed by atoms with Crippen LogP contribution in [0.1, 0.15) is 16.8 Å². The number of likely N-dealkylation sites (N-methyl/N-ethyl adjacent to an activating group) is 1. The minimum atomic E-state index is -0.0600. The monoisotopic (exact) mass is 218 g/mol. The number of carbonyl (C=O) groups is 1. The van der Waals surface area contributed by atoms with Crippen molar-refractivity contribution in [3.8, 4) is 0 Å². The number of rotatable bonds is 2. The lowest BCUT2D eigenvalue weighted by Crippen LogP contribution is -2.20. The standard InChI is InChI=1S/C12H14N2O2/c1-7-4-8(2)12-9(6-11(15)13-3)14-16-10(12)5-7/h4-5H,6H2,1-3H3,(H,13,15). The Morgan fingerprint density at radius 2 is 2.19 bits per heavy atom. The van der Waals surface area contributed by atoms with Gasteiger partial charge in [0.1, 0.15) is 5.69 Å². The second kappa shape index (κ2) is 3.96. The van der Waals surface area contributed by atoms with E-state index in [0.29, 0.717) is 5.69 Å². The Bertz CT molecular complexity index is 543. The van der Waals surface area contributed by atoms with Crippen molar-refractivity contribution in [2.24, 2.45) is 0 Å². The summed E-state index contributed by atoms with van der Waals surface area (Å²) in [6, 6.07) is 4.00. The molecule has 1 aromatic carbocycles. The Labute approximate surface area is 93.6 Å². The first-order chi connectivity index (χ1) is 7.61. The van der Waals surface area contributed by atoms with Crippen LogP contribution in [-0.2, 0) is 11.2 Å². The lowest BCUT2D eigenvalue weighted by molar-refractivity contribution is -0.120. The van der Waals surface area contributed by atoms with Crippen molar-refractivity contribution >= 4 is 16.9 Å². The second-order valence-electron chi connectivity index (χ2n) is 3.93. The Morgan fingerprint density at radius 3 is 2.88 bits per heavy atom. The van der Waals surface area contributed by atoms with E-state index in [1.165, 1.54) is 0 Å². The van der Waals surface area contributed by atoms with Crippen molar-refractivity contribution in [1.82, 2.24) is 10.5 Å². The number of amides is 1. The molecule has 2 aromatic rings. The van der Waals surface area contributed by atoms with Gasteiger partial charge in [0, 0.05) is 12.4 Å². The van der Waals surface area contributed by atoms with Gasteiger partial charge in [-0.2, -0.15) is 0 Å². The van der Waals surface area contributed by atoms with E-state index in [2.05, 4.69) is 16.5 Å². The van der Waals surface area contributed by atoms with Gasteiger partial charge in [0.15, 0.2) is 5.58 Å². The molecule has 0 aliphatic carbocycles. The van der Waals surface area contributed by atoms with E-state index in [4.69, 9.17) is 4.52 Å². The maximum Gasteiger partial charge on any atom is 0.225 e. The number of aromatic nitrogens is 1. The summed E-state index contributed by atoms with van der Waals surface area (Å²) in [5, 5.41) is 7.48. The lowest BCUT2D eigenvalue weighted by Gasteiger charge is -2.00. The summed E-state index contributed by atoms with van der Waals surface area (Å²) in [5.74, 6) is -0.0600. The van der Waals surface area contributed by atoms with Crippen LogP contribution in [0.25, 0.3) is 11.0 Å². The molecule has 0 bridgehead atoms. The average molecular weight is 218 g/mol. The number of hydrogen-bond donors (Lipinski definition) is 1. The summed E-state index contributed by atoms with van der Waals surface area (Å²) in [5.41, 5.74) is 3.67. The van der Waals surface area contributed by atoms with Gasteiger partial charge in [0.05, 0.1) is 6.42 Å². The van der Waals surface area contributed by atoms with Crippen LogP contribution in [-0.4, -0.2) is 18.1 Å². The summed E-state index contributed by atoms with van der Waals surface area (Å²) in [4.78, 5) is 11.3. The molecule has 84 valence electrons. The highest BCUT2D eigenvalue weighted by Crippen LogP contribution is 2.24. The van der Waals surface area contributed by atoms with Crippen molar-refractivity contribution in [2.45, 2.75) is 20.3 Å². The van der Waals surface area contributed by atoms with Gasteiger partial charge in [-0.3, -0.25) is 4.79 Å². The minimum absolute atomic E-state index is 0.0600. The van der Waals surface area contributed by atoms with Crippen molar-refractivity contribution in [3.05, 3.63) is 29.0 Å². The zero-order valence-corrected chi connectivity index (χ0v) is 9.63. The van der Waals surface area contributed by atoms with Crippen LogP contribution in [0, 0.1) is 13.8 Å². The fourth-order valence-corrected chi connectivity index (χ4v) is 1.88. The first-order valence-corrected chi connectivity index (χ1v) is 5.18. The predicted octanol–water partition coefficient (Wildman–Crippen LogP) is 1.73. The lowest BCUT2D eigenvalue weighted by atomic mass is 10.0. The maximum absolute atomic E-state index is 11.3. The Kier molecular flexibility index (Phi) is 2.64. The third-order valence-electron chi connectivity index (χ3n) is 2.59. The molecule has 0 aliphatic rings. The molecule has 0 atom stereocenters. The van der Waals surface area contributed by atoms with E-state index >= 15 is 0 Å². The molecule has 0 saturated carbocycles. The third kappa shape index (κ3) is 1.78. The predicted molar refractivity (Wildman–Crippen MR) is 61.3 cm³/mol. The van der Waals surface area contributed by atoms with Gasteiger partial charge < -0.3 is 9.84 Å². The molecular formula is C12H14N2O2. The number of benzene rings is 1. The van der Waals surface area contributed by atoms with Crippen LogP contribution in [0.4, 0.5) is 0 Å². The fourth-order valence-electron chi connectivity index (χ4n) is 1.88. The zero-order chi connectivity index (χ0) is 11.7. The molecule has 0 aliphatic heterocycles. The molecule has 0 radical (unpaired) electrons. The van der Waals surface area contributed by atoms with Crippen LogP contribution in [0.2, 0.25) is 0 Å². The number of hydrogen-bond acceptors (Lipinski definition) is 3. The molecule has 1 aromatic heterocycles. The molecule has 1 heterocycles. The highest BCUT2D eigenvalue weighted by Gasteiger charge is 2.13. The smallest absolute Gasteiger partial charge is 0.225 e. The topological polar surface area (TPSA) is 55.1 Å². The largest absolute Gasteiger partial charge is 0.359 e. The molecule has 0 fully saturated rings. The average Bonchev–Trinajstić information content (AvgIpc) is 2.61. The third-order valence-corrected chi connectivity index (χ3v) is 2.59. The Morgan fingerprint density at radius 1 is 1.44 bits per heavy atom. The molecule has 2 rings (SSSR count). The van der Waals surface area contributed by atoms with Crippen LogP contribution in [0.3, 0.4) is 0 Å². The van der Waals surface area contributed by atoms with Gasteiger partial charge >= 0.3 is 0 Å². The fraction of sp³-hybridized carbons (Fsp3) is 0.333. The van der Waals surface area contributed by atoms with Gasteiger partial charge in [-0.1, -0.05) is 11.2 Å². The van der Waals surface area contributed by atoms with Crippen LogP contribution in [0.15, 0.2) is 16.7 Å². The number of nitrogens with one attached hydrogen (secondary N) is 1. The number of fused-ring (bicyclic) bond motifs is 1. The normalized spacial score (nSPS) is 10.7. The van der Waals surface area contributed by atoms with Crippen molar-refractivity contribution in [2.75, 3.05) is 7.05 Å². The minimum Gasteiger partial charge on any atom is -0.359 e. The van der Waals surface area contributed by atoms with Crippen LogP contribution in [0.5, 0.6) is 0 Å². The van der Waals surface area contributed by atoms with E-state index in [1.54, 1.807) is 7.05 Å². The number of nitrogens with zero attached hydrogens (tertiary/aromatic N) is 1. The van der Waals surface area contributed by atoms with Crippen molar-refractivity contribution in [3.63, 3.8) is 0 Å². The van der Waals surface area contributed by atoms with Crippen LogP contribution >= 0.6 is 0 Å². The molecule has 16 heavy (non-hydrogen) atoms. The van der Waals surface area contributed by atoms with E-state index in [0.717, 1.165) is 22.1 Å². The Balaban J connectivity index is 2.52. The molecule has 0 saturated heterocycles. The van der Waals surface area contributed by atoms with Gasteiger partial charge in [-0.15, -0.1) is 0 Å². The van der Waals surface area contributed by atoms with Crippen molar-refractivity contribution < 1.29 is 9.32 Å². The summed E-state index contributed by atoms with van der Waals surface area (Å²) < 4.78 is 5.23. The highest BCUT2D eigenvalue weighted by atomic mass is 16.5. The second-order valence-corrected chi connectivity index (χ2v) is 3.93. The molecule has 1 amide bonds. The zero-order valence-electron chi connectivity index (χ0n) is 9.63. The molecular weight excluding hydrogens is 204 g/mol. The van der Waals surface area contributed by atoms with Crippen molar-refractivity contribution in [1.29, 1.82) is 0 Å². The van der Waals surface area contributed by atoms with E-state index in [1.807, 2.05) is 19.9 Å². The van der Waals surface area contributed by atoms with E-state index in [-0.39, 0.29) is 12.3 Å². The highest BCUT2D eigenvalue weighted by molar-refractivity contribution is 5.88. The quantitative estimate of drug-likeness (QED) is 0.835. The number of aryl methyl sites for hydroxylation is 2. The maximum atomic E-state index is 11.3. The molecule has 1 N–H and O–H groups in total. The van der Waals surface area contributed by atoms with Gasteiger partial charge in [0.2, 0.25) is 5.91 Å². The SMILES string of the molecule is CNC(=O)Cc1noc2cc(C)cc(C)c12. The Hall–Kier alpha value is -1.84. The van der Waals surface area contributed by atoms with Crippen LogP contribution < -0.4 is 5.32 Å². The van der Waals surface area contributed by atoms with Gasteiger partial charge in [-0.25, -0.2) is 0 Å². The molecule has 0 spiro atoms. The summed E-state index contributed by atoms with van der Waals surface area (Å²) in [6.07, 6.45) is 0.257. The molecule has 4 heteroatoms. The summed E-state index contributed by atoms with van der Waals surface area (Å²) in [7, 11) is 1.61. The molecule has 0 unspecified atom stereocenters. The first kappa shape index (κ1) is 10.7. The van der Waals surface area contributed by atoms with E-state index < -0.39 is 0 Å².